The number of anilines is 1. The molecule has 0 aromatic carbocycles. The number of aromatic nitrogens is 5. The molecule has 1 fully saturated rings. The Hall–Kier alpha value is -3.07. The van der Waals surface area contributed by atoms with Crippen LogP contribution in [0.4, 0.5) is 5.82 Å². The number of aliphatic carboxylic acids is 1. The standard InChI is InChI=1S/C20H24N6O3/c1-29-12-2-3-15-13-22-18(16-4-5-17-21-8-11-26(17)24-16)19(23-15)25-9-6-14(7-10-25)20(27)28/h4-5,8,11,13-14H,2-3,6-7,9-10,12H2,1H3,(H,27,28). The molecule has 1 aliphatic heterocycles. The molecule has 0 saturated carbocycles. The minimum absolute atomic E-state index is 0.298. The van der Waals surface area contributed by atoms with E-state index in [4.69, 9.17) is 14.7 Å². The Bertz CT molecular complexity index is 997. The summed E-state index contributed by atoms with van der Waals surface area (Å²) in [6.07, 6.45) is 8.12. The van der Waals surface area contributed by atoms with E-state index in [0.717, 1.165) is 30.0 Å². The van der Waals surface area contributed by atoms with E-state index < -0.39 is 5.97 Å². The van der Waals surface area contributed by atoms with Gasteiger partial charge in [-0.1, -0.05) is 0 Å². The van der Waals surface area contributed by atoms with Gasteiger partial charge in [0, 0.05) is 45.4 Å². The summed E-state index contributed by atoms with van der Waals surface area (Å²) < 4.78 is 6.85. The Kier molecular flexibility index (Phi) is 5.66. The van der Waals surface area contributed by atoms with Gasteiger partial charge in [-0.15, -0.1) is 0 Å². The Morgan fingerprint density at radius 1 is 1.28 bits per heavy atom. The molecular formula is C20H24N6O3. The number of ether oxygens (including phenoxy) is 1. The van der Waals surface area contributed by atoms with Crippen LogP contribution in [0.1, 0.15) is 25.0 Å². The average molecular weight is 396 g/mol. The first-order valence-electron chi connectivity index (χ1n) is 9.79. The maximum Gasteiger partial charge on any atom is 0.306 e. The Morgan fingerprint density at radius 3 is 2.86 bits per heavy atom. The topological polar surface area (TPSA) is 106 Å². The van der Waals surface area contributed by atoms with Crippen molar-refractivity contribution in [2.24, 2.45) is 5.92 Å². The van der Waals surface area contributed by atoms with E-state index in [0.29, 0.717) is 43.9 Å². The monoisotopic (exact) mass is 396 g/mol. The lowest BCUT2D eigenvalue weighted by Crippen LogP contribution is -2.37. The highest BCUT2D eigenvalue weighted by Crippen LogP contribution is 2.30. The van der Waals surface area contributed by atoms with Gasteiger partial charge in [0.2, 0.25) is 0 Å². The average Bonchev–Trinajstić information content (AvgIpc) is 3.22. The number of nitrogens with zero attached hydrogens (tertiary/aromatic N) is 6. The summed E-state index contributed by atoms with van der Waals surface area (Å²) >= 11 is 0. The summed E-state index contributed by atoms with van der Waals surface area (Å²) in [7, 11) is 1.69. The normalized spacial score (nSPS) is 15.1. The smallest absolute Gasteiger partial charge is 0.306 e. The Morgan fingerprint density at radius 2 is 2.10 bits per heavy atom. The van der Waals surface area contributed by atoms with Crippen LogP contribution in [0.15, 0.2) is 30.7 Å². The third-order valence-electron chi connectivity index (χ3n) is 5.23. The first-order chi connectivity index (χ1) is 14.2. The van der Waals surface area contributed by atoms with Gasteiger partial charge in [-0.2, -0.15) is 5.10 Å². The molecule has 3 aromatic heterocycles. The lowest BCUT2D eigenvalue weighted by atomic mass is 9.97. The van der Waals surface area contributed by atoms with Crippen molar-refractivity contribution >= 4 is 17.4 Å². The highest BCUT2D eigenvalue weighted by Gasteiger charge is 2.27. The second-order valence-electron chi connectivity index (χ2n) is 7.18. The zero-order chi connectivity index (χ0) is 20.2. The molecule has 3 aromatic rings. The lowest BCUT2D eigenvalue weighted by Gasteiger charge is -2.32. The Balaban J connectivity index is 1.67. The minimum Gasteiger partial charge on any atom is -0.481 e. The highest BCUT2D eigenvalue weighted by molar-refractivity contribution is 5.72. The fourth-order valence-corrected chi connectivity index (χ4v) is 3.61. The molecule has 0 unspecified atom stereocenters. The maximum atomic E-state index is 11.3. The number of carboxylic acid groups (broad SMARTS) is 1. The summed E-state index contributed by atoms with van der Waals surface area (Å²) in [4.78, 5) is 27.2. The molecule has 0 amide bonds. The fourth-order valence-electron chi connectivity index (χ4n) is 3.61. The Labute approximate surface area is 168 Å². The molecule has 0 aliphatic carbocycles. The number of piperidine rings is 1. The van der Waals surface area contributed by atoms with Crippen LogP contribution < -0.4 is 4.90 Å². The molecule has 1 saturated heterocycles. The van der Waals surface area contributed by atoms with Crippen molar-refractivity contribution in [2.45, 2.75) is 25.7 Å². The van der Waals surface area contributed by atoms with Crippen molar-refractivity contribution in [1.29, 1.82) is 0 Å². The lowest BCUT2D eigenvalue weighted by molar-refractivity contribution is -0.142. The van der Waals surface area contributed by atoms with Crippen molar-refractivity contribution in [3.05, 3.63) is 36.4 Å². The van der Waals surface area contributed by atoms with Gasteiger partial charge in [-0.3, -0.25) is 4.79 Å². The summed E-state index contributed by atoms with van der Waals surface area (Å²) in [6.45, 7) is 1.93. The van der Waals surface area contributed by atoms with Crippen molar-refractivity contribution in [3.8, 4) is 11.4 Å². The van der Waals surface area contributed by atoms with Gasteiger partial charge in [0.05, 0.1) is 11.6 Å². The molecule has 29 heavy (non-hydrogen) atoms. The largest absolute Gasteiger partial charge is 0.481 e. The second-order valence-corrected chi connectivity index (χ2v) is 7.18. The van der Waals surface area contributed by atoms with E-state index in [2.05, 4.69) is 15.0 Å². The molecule has 0 spiro atoms. The summed E-state index contributed by atoms with van der Waals surface area (Å²) in [5, 5.41) is 13.9. The van der Waals surface area contributed by atoms with Crippen molar-refractivity contribution < 1.29 is 14.6 Å². The van der Waals surface area contributed by atoms with Gasteiger partial charge in [-0.05, 0) is 37.8 Å². The minimum atomic E-state index is -0.725. The van der Waals surface area contributed by atoms with Crippen LogP contribution in [0.25, 0.3) is 17.0 Å². The summed E-state index contributed by atoms with van der Waals surface area (Å²) in [6, 6.07) is 3.79. The van der Waals surface area contributed by atoms with E-state index in [1.165, 1.54) is 0 Å². The van der Waals surface area contributed by atoms with Gasteiger partial charge < -0.3 is 14.7 Å². The number of carbonyl (C=O) groups is 1. The molecule has 4 rings (SSSR count). The van der Waals surface area contributed by atoms with E-state index >= 15 is 0 Å². The molecule has 9 nitrogen and oxygen atoms in total. The molecule has 1 N–H and O–H groups in total. The van der Waals surface area contributed by atoms with E-state index in [-0.39, 0.29) is 5.92 Å². The van der Waals surface area contributed by atoms with Crippen LogP contribution in [-0.4, -0.2) is 62.4 Å². The molecule has 4 heterocycles. The first kappa shape index (κ1) is 19.3. The van der Waals surface area contributed by atoms with Gasteiger partial charge in [0.15, 0.2) is 11.5 Å². The van der Waals surface area contributed by atoms with Gasteiger partial charge in [-0.25, -0.2) is 19.5 Å². The molecular weight excluding hydrogens is 372 g/mol. The van der Waals surface area contributed by atoms with Crippen LogP contribution in [-0.2, 0) is 16.0 Å². The zero-order valence-electron chi connectivity index (χ0n) is 16.4. The van der Waals surface area contributed by atoms with Crippen LogP contribution in [0.3, 0.4) is 0 Å². The molecule has 9 heteroatoms. The third kappa shape index (κ3) is 4.19. The first-order valence-corrected chi connectivity index (χ1v) is 9.79. The van der Waals surface area contributed by atoms with Crippen LogP contribution in [0.5, 0.6) is 0 Å². The predicted molar refractivity (Wildman–Crippen MR) is 107 cm³/mol. The van der Waals surface area contributed by atoms with Gasteiger partial charge in [0.25, 0.3) is 0 Å². The maximum absolute atomic E-state index is 11.3. The van der Waals surface area contributed by atoms with Crippen LogP contribution in [0.2, 0.25) is 0 Å². The van der Waals surface area contributed by atoms with Crippen LogP contribution in [0, 0.1) is 5.92 Å². The molecule has 0 atom stereocenters. The van der Waals surface area contributed by atoms with Gasteiger partial charge in [0.1, 0.15) is 11.4 Å². The third-order valence-corrected chi connectivity index (χ3v) is 5.23. The van der Waals surface area contributed by atoms with Crippen molar-refractivity contribution in [1.82, 2.24) is 24.6 Å². The zero-order valence-corrected chi connectivity index (χ0v) is 16.4. The van der Waals surface area contributed by atoms with Crippen LogP contribution >= 0.6 is 0 Å². The number of hydrogen-bond donors (Lipinski definition) is 1. The van der Waals surface area contributed by atoms with Crippen molar-refractivity contribution in [3.63, 3.8) is 0 Å². The summed E-state index contributed by atoms with van der Waals surface area (Å²) in [5.74, 6) is -0.264. The number of carboxylic acids is 1. The van der Waals surface area contributed by atoms with E-state index in [9.17, 15) is 9.90 Å². The van der Waals surface area contributed by atoms with Crippen molar-refractivity contribution in [2.75, 3.05) is 31.7 Å². The number of aryl methyl sites for hydroxylation is 1. The van der Waals surface area contributed by atoms with E-state index in [1.54, 1.807) is 30.2 Å². The quantitative estimate of drug-likeness (QED) is 0.605. The number of imidazole rings is 1. The molecule has 152 valence electrons. The second kappa shape index (κ2) is 8.52. The van der Waals surface area contributed by atoms with E-state index in [1.807, 2.05) is 12.1 Å². The number of methoxy groups -OCH3 is 1. The number of hydrogen-bond acceptors (Lipinski definition) is 7. The highest BCUT2D eigenvalue weighted by atomic mass is 16.5. The molecule has 0 bridgehead atoms. The van der Waals surface area contributed by atoms with Gasteiger partial charge >= 0.3 is 5.97 Å². The molecule has 1 aliphatic rings. The predicted octanol–water partition coefficient (Wildman–Crippen LogP) is 2.07. The SMILES string of the molecule is COCCCc1cnc(-c2ccc3nccn3n2)c(N2CCC(C(=O)O)CC2)n1. The number of rotatable bonds is 7. The fraction of sp³-hybridized carbons (Fsp3) is 0.450. The molecule has 0 radical (unpaired) electrons. The summed E-state index contributed by atoms with van der Waals surface area (Å²) in [5.41, 5.74) is 3.07. The number of fused-ring (bicyclic) bond motifs is 1.